The molecule has 0 atom stereocenters. The number of benzene rings is 1. The molecule has 2 rings (SSSR count). The Bertz CT molecular complexity index is 543. The third kappa shape index (κ3) is 2.30. The fourth-order valence-corrected chi connectivity index (χ4v) is 1.77. The van der Waals surface area contributed by atoms with Gasteiger partial charge in [0.25, 0.3) is 0 Å². The number of ether oxygens (including phenoxy) is 2. The van der Waals surface area contributed by atoms with E-state index in [4.69, 9.17) is 9.47 Å². The minimum atomic E-state index is 0.671. The first kappa shape index (κ1) is 12.4. The van der Waals surface area contributed by atoms with E-state index in [0.29, 0.717) is 11.5 Å². The molecule has 1 N–H and O–H groups in total. The molecule has 0 fully saturated rings. The molecule has 0 aliphatic heterocycles. The molecule has 0 aliphatic rings. The van der Waals surface area contributed by atoms with E-state index >= 15 is 0 Å². The number of fused-ring (bicyclic) bond motifs is 1. The molecule has 0 bridgehead atoms. The van der Waals surface area contributed by atoms with Crippen molar-refractivity contribution >= 4 is 16.7 Å². The first-order valence-electron chi connectivity index (χ1n) is 5.90. The van der Waals surface area contributed by atoms with Crippen molar-refractivity contribution in [3.8, 4) is 11.5 Å². The molecule has 0 unspecified atom stereocenters. The summed E-state index contributed by atoms with van der Waals surface area (Å²) in [5, 5.41) is 4.21. The Morgan fingerprint density at radius 1 is 1.11 bits per heavy atom. The average Bonchev–Trinajstić information content (AvgIpc) is 2.43. The lowest BCUT2D eigenvalue weighted by molar-refractivity contribution is 0.356. The molecule has 1 aromatic heterocycles. The molecular weight excluding hydrogens is 230 g/mol. The summed E-state index contributed by atoms with van der Waals surface area (Å²) in [6.45, 7) is 2.99. The molecule has 0 saturated carbocycles. The van der Waals surface area contributed by atoms with Crippen LogP contribution in [0.1, 0.15) is 13.3 Å². The standard InChI is InChI=1S/C13H17N3O2/c1-4-5-14-13-9-6-11(17-2)12(18-3)7-10(9)15-8-16-13/h6-8H,4-5H2,1-3H3,(H,14,15,16). The summed E-state index contributed by atoms with van der Waals surface area (Å²) >= 11 is 0. The Hall–Kier alpha value is -2.04. The summed E-state index contributed by atoms with van der Waals surface area (Å²) in [5.74, 6) is 2.17. The second kappa shape index (κ2) is 5.53. The van der Waals surface area contributed by atoms with Gasteiger partial charge in [-0.1, -0.05) is 6.92 Å². The zero-order chi connectivity index (χ0) is 13.0. The molecule has 0 aliphatic carbocycles. The lowest BCUT2D eigenvalue weighted by atomic mass is 10.2. The molecule has 0 radical (unpaired) electrons. The van der Waals surface area contributed by atoms with Crippen LogP contribution in [0.25, 0.3) is 10.9 Å². The van der Waals surface area contributed by atoms with Crippen LogP contribution in [0.4, 0.5) is 5.82 Å². The third-order valence-electron chi connectivity index (χ3n) is 2.68. The van der Waals surface area contributed by atoms with Crippen LogP contribution in [0.3, 0.4) is 0 Å². The highest BCUT2D eigenvalue weighted by Gasteiger charge is 2.10. The zero-order valence-electron chi connectivity index (χ0n) is 10.9. The smallest absolute Gasteiger partial charge is 0.162 e. The van der Waals surface area contributed by atoms with E-state index in [2.05, 4.69) is 22.2 Å². The van der Waals surface area contributed by atoms with E-state index < -0.39 is 0 Å². The summed E-state index contributed by atoms with van der Waals surface area (Å²) < 4.78 is 10.6. The molecule has 0 saturated heterocycles. The van der Waals surface area contributed by atoms with Gasteiger partial charge in [-0.05, 0) is 12.5 Å². The van der Waals surface area contributed by atoms with Crippen LogP contribution in [0.2, 0.25) is 0 Å². The summed E-state index contributed by atoms with van der Waals surface area (Å²) in [7, 11) is 3.23. The second-order valence-electron chi connectivity index (χ2n) is 3.87. The summed E-state index contributed by atoms with van der Waals surface area (Å²) in [5.41, 5.74) is 0.834. The number of nitrogens with zero attached hydrogens (tertiary/aromatic N) is 2. The van der Waals surface area contributed by atoms with Gasteiger partial charge < -0.3 is 14.8 Å². The number of methoxy groups -OCH3 is 2. The number of aromatic nitrogens is 2. The Labute approximate surface area is 106 Å². The molecule has 0 amide bonds. The van der Waals surface area contributed by atoms with Crippen molar-refractivity contribution in [3.63, 3.8) is 0 Å². The van der Waals surface area contributed by atoms with E-state index in [1.165, 1.54) is 0 Å². The molecule has 5 nitrogen and oxygen atoms in total. The Kier molecular flexibility index (Phi) is 3.82. The van der Waals surface area contributed by atoms with Gasteiger partial charge in [0, 0.05) is 18.0 Å². The van der Waals surface area contributed by atoms with Gasteiger partial charge in [0.1, 0.15) is 12.1 Å². The summed E-state index contributed by atoms with van der Waals surface area (Å²) in [6, 6.07) is 3.75. The number of hydrogen-bond acceptors (Lipinski definition) is 5. The topological polar surface area (TPSA) is 56.3 Å². The van der Waals surface area contributed by atoms with Crippen molar-refractivity contribution in [1.82, 2.24) is 9.97 Å². The van der Waals surface area contributed by atoms with Crippen LogP contribution in [-0.2, 0) is 0 Å². The maximum Gasteiger partial charge on any atom is 0.162 e. The van der Waals surface area contributed by atoms with E-state index in [0.717, 1.165) is 29.7 Å². The zero-order valence-corrected chi connectivity index (χ0v) is 10.9. The van der Waals surface area contributed by atoms with Crippen molar-refractivity contribution in [1.29, 1.82) is 0 Å². The van der Waals surface area contributed by atoms with Crippen molar-refractivity contribution < 1.29 is 9.47 Å². The molecule has 96 valence electrons. The van der Waals surface area contributed by atoms with Crippen LogP contribution < -0.4 is 14.8 Å². The fraction of sp³-hybridized carbons (Fsp3) is 0.385. The van der Waals surface area contributed by atoms with Crippen molar-refractivity contribution in [2.24, 2.45) is 0 Å². The van der Waals surface area contributed by atoms with Gasteiger partial charge in [-0.2, -0.15) is 0 Å². The van der Waals surface area contributed by atoms with Gasteiger partial charge >= 0.3 is 0 Å². The number of hydrogen-bond donors (Lipinski definition) is 1. The van der Waals surface area contributed by atoms with Crippen LogP contribution in [-0.4, -0.2) is 30.7 Å². The predicted octanol–water partition coefficient (Wildman–Crippen LogP) is 2.47. The number of nitrogens with one attached hydrogen (secondary N) is 1. The van der Waals surface area contributed by atoms with Crippen LogP contribution in [0, 0.1) is 0 Å². The highest BCUT2D eigenvalue weighted by atomic mass is 16.5. The van der Waals surface area contributed by atoms with Crippen LogP contribution in [0.15, 0.2) is 18.5 Å². The molecule has 1 aromatic carbocycles. The minimum absolute atomic E-state index is 0.671. The van der Waals surface area contributed by atoms with Crippen molar-refractivity contribution in [2.75, 3.05) is 26.1 Å². The lowest BCUT2D eigenvalue weighted by Gasteiger charge is -2.11. The molecule has 2 aromatic rings. The lowest BCUT2D eigenvalue weighted by Crippen LogP contribution is -2.03. The van der Waals surface area contributed by atoms with Gasteiger partial charge in [0.05, 0.1) is 19.7 Å². The molecule has 5 heteroatoms. The Morgan fingerprint density at radius 3 is 2.50 bits per heavy atom. The molecule has 1 heterocycles. The fourth-order valence-electron chi connectivity index (χ4n) is 1.77. The number of anilines is 1. The SMILES string of the molecule is CCCNc1ncnc2cc(OC)c(OC)cc12. The highest BCUT2D eigenvalue weighted by Crippen LogP contribution is 2.33. The summed E-state index contributed by atoms with van der Waals surface area (Å²) in [4.78, 5) is 8.50. The first-order valence-corrected chi connectivity index (χ1v) is 5.90. The van der Waals surface area contributed by atoms with Gasteiger partial charge in [-0.25, -0.2) is 9.97 Å². The van der Waals surface area contributed by atoms with Crippen LogP contribution in [0.5, 0.6) is 11.5 Å². The van der Waals surface area contributed by atoms with Crippen molar-refractivity contribution in [2.45, 2.75) is 13.3 Å². The normalized spacial score (nSPS) is 10.4. The molecule has 0 spiro atoms. The monoisotopic (exact) mass is 247 g/mol. The quantitative estimate of drug-likeness (QED) is 0.879. The Morgan fingerprint density at radius 2 is 1.83 bits per heavy atom. The van der Waals surface area contributed by atoms with Crippen LogP contribution >= 0.6 is 0 Å². The van der Waals surface area contributed by atoms with Gasteiger partial charge in [0.15, 0.2) is 11.5 Å². The van der Waals surface area contributed by atoms with Gasteiger partial charge in [0.2, 0.25) is 0 Å². The van der Waals surface area contributed by atoms with E-state index in [1.807, 2.05) is 12.1 Å². The largest absolute Gasteiger partial charge is 0.493 e. The number of rotatable bonds is 5. The van der Waals surface area contributed by atoms with E-state index in [-0.39, 0.29) is 0 Å². The maximum atomic E-state index is 5.30. The van der Waals surface area contributed by atoms with Crippen molar-refractivity contribution in [3.05, 3.63) is 18.5 Å². The van der Waals surface area contributed by atoms with Gasteiger partial charge in [-0.15, -0.1) is 0 Å². The maximum absolute atomic E-state index is 5.30. The van der Waals surface area contributed by atoms with E-state index in [1.54, 1.807) is 20.5 Å². The second-order valence-corrected chi connectivity index (χ2v) is 3.87. The molecular formula is C13H17N3O2. The average molecular weight is 247 g/mol. The van der Waals surface area contributed by atoms with Gasteiger partial charge in [-0.3, -0.25) is 0 Å². The molecule has 18 heavy (non-hydrogen) atoms. The Balaban J connectivity index is 2.54. The highest BCUT2D eigenvalue weighted by molar-refractivity contribution is 5.91. The van der Waals surface area contributed by atoms with E-state index in [9.17, 15) is 0 Å². The first-order chi connectivity index (χ1) is 8.80. The predicted molar refractivity (Wildman–Crippen MR) is 71.4 cm³/mol. The summed E-state index contributed by atoms with van der Waals surface area (Å²) in [6.07, 6.45) is 2.59. The third-order valence-corrected chi connectivity index (χ3v) is 2.68. The minimum Gasteiger partial charge on any atom is -0.493 e.